The van der Waals surface area contributed by atoms with E-state index in [0.29, 0.717) is 5.92 Å². The smallest absolute Gasteiger partial charge is 0.0300 e. The van der Waals surface area contributed by atoms with Crippen molar-refractivity contribution in [1.82, 2.24) is 10.2 Å². The highest BCUT2D eigenvalue weighted by Crippen LogP contribution is 2.23. The molecule has 0 spiro atoms. The Morgan fingerprint density at radius 3 is 2.70 bits per heavy atom. The topological polar surface area (TPSA) is 15.3 Å². The maximum Gasteiger partial charge on any atom is 0.0300 e. The molecule has 1 N–H and O–H groups in total. The fourth-order valence-electron chi connectivity index (χ4n) is 2.22. The molecule has 1 rings (SSSR count). The Hall–Kier alpha value is -0.640. The van der Waals surface area contributed by atoms with E-state index in [2.05, 4.69) is 57.5 Å². The molecule has 0 aliphatic carbocycles. The Morgan fingerprint density at radius 1 is 1.45 bits per heavy atom. The summed E-state index contributed by atoms with van der Waals surface area (Å²) in [6.45, 7) is 20.3. The molecule has 0 aromatic carbocycles. The van der Waals surface area contributed by atoms with Crippen molar-refractivity contribution in [1.29, 1.82) is 0 Å². The molecule has 0 saturated heterocycles. The lowest BCUT2D eigenvalue weighted by molar-refractivity contribution is 0.304. The first-order chi connectivity index (χ1) is 9.42. The molecule has 0 aliphatic heterocycles. The van der Waals surface area contributed by atoms with Crippen molar-refractivity contribution >= 4 is 11.3 Å². The Labute approximate surface area is 128 Å². The van der Waals surface area contributed by atoms with Crippen LogP contribution in [0.25, 0.3) is 0 Å². The van der Waals surface area contributed by atoms with Gasteiger partial charge in [0, 0.05) is 29.4 Å². The van der Waals surface area contributed by atoms with Crippen LogP contribution in [-0.2, 0) is 13.1 Å². The van der Waals surface area contributed by atoms with Crippen molar-refractivity contribution < 1.29 is 0 Å². The van der Waals surface area contributed by atoms with Gasteiger partial charge in [-0.1, -0.05) is 32.9 Å². The second-order valence-corrected chi connectivity index (χ2v) is 7.42. The lowest BCUT2D eigenvalue weighted by Gasteiger charge is -2.20. The molecule has 0 amide bonds. The molecule has 0 unspecified atom stereocenters. The molecule has 1 aromatic rings. The van der Waals surface area contributed by atoms with Gasteiger partial charge in [0.2, 0.25) is 0 Å². The van der Waals surface area contributed by atoms with Crippen LogP contribution in [0.4, 0.5) is 0 Å². The summed E-state index contributed by atoms with van der Waals surface area (Å²) in [7, 11) is 0. The summed E-state index contributed by atoms with van der Waals surface area (Å²) in [5, 5.41) is 3.52. The van der Waals surface area contributed by atoms with E-state index in [9.17, 15) is 0 Å². The van der Waals surface area contributed by atoms with Gasteiger partial charge in [0.1, 0.15) is 0 Å². The van der Waals surface area contributed by atoms with E-state index in [1.165, 1.54) is 20.9 Å². The van der Waals surface area contributed by atoms with Gasteiger partial charge >= 0.3 is 0 Å². The third kappa shape index (κ3) is 6.21. The first kappa shape index (κ1) is 17.4. The van der Waals surface area contributed by atoms with Crippen LogP contribution >= 0.6 is 11.3 Å². The van der Waals surface area contributed by atoms with Crippen molar-refractivity contribution in [3.05, 3.63) is 33.5 Å². The Kier molecular flexibility index (Phi) is 7.49. The Balaban J connectivity index is 2.57. The van der Waals surface area contributed by atoms with Crippen LogP contribution in [-0.4, -0.2) is 24.5 Å². The molecule has 2 nitrogen and oxygen atoms in total. The summed E-state index contributed by atoms with van der Waals surface area (Å²) >= 11 is 1.93. The second kappa shape index (κ2) is 8.60. The fraction of sp³-hybridized carbons (Fsp3) is 0.647. The molecular formula is C17H30N2S. The van der Waals surface area contributed by atoms with Crippen LogP contribution in [0.1, 0.15) is 43.0 Å². The molecule has 1 heterocycles. The standard InChI is InChI=1S/C17H30N2S/c1-7-19(11-14(4)5)12-16-8-17(20-15(16)6)10-18-9-13(2)3/h8,13,18H,4,7,9-12H2,1-3,5-6H3. The van der Waals surface area contributed by atoms with E-state index in [1.807, 2.05) is 11.3 Å². The third-order valence-electron chi connectivity index (χ3n) is 3.26. The van der Waals surface area contributed by atoms with Crippen molar-refractivity contribution in [3.8, 4) is 0 Å². The van der Waals surface area contributed by atoms with Gasteiger partial charge in [-0.25, -0.2) is 0 Å². The lowest BCUT2D eigenvalue weighted by atomic mass is 10.2. The first-order valence-corrected chi connectivity index (χ1v) is 8.39. The summed E-state index contributed by atoms with van der Waals surface area (Å²) in [5.41, 5.74) is 2.71. The minimum atomic E-state index is 0.710. The molecule has 1 aromatic heterocycles. The lowest BCUT2D eigenvalue weighted by Crippen LogP contribution is -2.24. The number of nitrogens with zero attached hydrogens (tertiary/aromatic N) is 1. The van der Waals surface area contributed by atoms with Gasteiger partial charge in [0.25, 0.3) is 0 Å². The van der Waals surface area contributed by atoms with Crippen molar-refractivity contribution in [3.63, 3.8) is 0 Å². The third-order valence-corrected chi connectivity index (χ3v) is 4.35. The van der Waals surface area contributed by atoms with Gasteiger partial charge in [-0.3, -0.25) is 4.90 Å². The van der Waals surface area contributed by atoms with E-state index < -0.39 is 0 Å². The molecule has 0 fully saturated rings. The van der Waals surface area contributed by atoms with Crippen LogP contribution in [0.3, 0.4) is 0 Å². The Bertz CT molecular complexity index is 421. The molecule has 0 atom stereocenters. The molecule has 0 radical (unpaired) electrons. The van der Waals surface area contributed by atoms with Gasteiger partial charge in [0.05, 0.1) is 0 Å². The largest absolute Gasteiger partial charge is 0.312 e. The van der Waals surface area contributed by atoms with Gasteiger partial charge < -0.3 is 5.32 Å². The Morgan fingerprint density at radius 2 is 2.15 bits per heavy atom. The highest BCUT2D eigenvalue weighted by atomic mass is 32.1. The minimum absolute atomic E-state index is 0.710. The van der Waals surface area contributed by atoms with Crippen LogP contribution in [0.15, 0.2) is 18.2 Å². The fourth-order valence-corrected chi connectivity index (χ4v) is 3.24. The zero-order valence-electron chi connectivity index (χ0n) is 13.8. The molecule has 0 aliphatic rings. The van der Waals surface area contributed by atoms with Crippen LogP contribution in [0.5, 0.6) is 0 Å². The van der Waals surface area contributed by atoms with Crippen molar-refractivity contribution in [2.24, 2.45) is 5.92 Å². The number of nitrogens with one attached hydrogen (secondary N) is 1. The molecule has 114 valence electrons. The number of aryl methyl sites for hydroxylation is 1. The van der Waals surface area contributed by atoms with Gasteiger partial charge in [0.15, 0.2) is 0 Å². The second-order valence-electron chi connectivity index (χ2n) is 6.08. The molecule has 0 bridgehead atoms. The normalized spacial score (nSPS) is 11.6. The number of likely N-dealkylation sites (N-methyl/N-ethyl adjacent to an activating group) is 1. The molecule has 20 heavy (non-hydrogen) atoms. The van der Waals surface area contributed by atoms with Gasteiger partial charge in [-0.15, -0.1) is 11.3 Å². The average molecular weight is 295 g/mol. The predicted molar refractivity (Wildman–Crippen MR) is 91.4 cm³/mol. The zero-order chi connectivity index (χ0) is 15.1. The van der Waals surface area contributed by atoms with E-state index in [1.54, 1.807) is 0 Å². The van der Waals surface area contributed by atoms with E-state index in [0.717, 1.165) is 32.7 Å². The van der Waals surface area contributed by atoms with Crippen LogP contribution < -0.4 is 5.32 Å². The summed E-state index contributed by atoms with van der Waals surface area (Å²) in [6.07, 6.45) is 0. The summed E-state index contributed by atoms with van der Waals surface area (Å²) in [4.78, 5) is 5.35. The maximum atomic E-state index is 4.02. The number of thiophene rings is 1. The predicted octanol–water partition coefficient (Wildman–Crippen LogP) is 4.20. The van der Waals surface area contributed by atoms with Crippen molar-refractivity contribution in [2.45, 2.75) is 47.7 Å². The monoisotopic (exact) mass is 294 g/mol. The number of hydrogen-bond acceptors (Lipinski definition) is 3. The summed E-state index contributed by atoms with van der Waals surface area (Å²) in [5.74, 6) is 0.710. The molecule has 3 heteroatoms. The quantitative estimate of drug-likeness (QED) is 0.687. The molecular weight excluding hydrogens is 264 g/mol. The maximum absolute atomic E-state index is 4.02. The van der Waals surface area contributed by atoms with Crippen LogP contribution in [0.2, 0.25) is 0 Å². The molecule has 0 saturated carbocycles. The van der Waals surface area contributed by atoms with Gasteiger partial charge in [-0.05, 0) is 44.5 Å². The van der Waals surface area contributed by atoms with E-state index >= 15 is 0 Å². The zero-order valence-corrected chi connectivity index (χ0v) is 14.6. The summed E-state index contributed by atoms with van der Waals surface area (Å²) < 4.78 is 0. The highest BCUT2D eigenvalue weighted by Gasteiger charge is 2.10. The summed E-state index contributed by atoms with van der Waals surface area (Å²) in [6, 6.07) is 2.37. The van der Waals surface area contributed by atoms with Gasteiger partial charge in [-0.2, -0.15) is 0 Å². The SMILES string of the molecule is C=C(C)CN(CC)Cc1cc(CNCC(C)C)sc1C. The van der Waals surface area contributed by atoms with Crippen LogP contribution in [0, 0.1) is 12.8 Å². The first-order valence-electron chi connectivity index (χ1n) is 7.58. The average Bonchev–Trinajstić information content (AvgIpc) is 2.68. The number of rotatable bonds is 9. The minimum Gasteiger partial charge on any atom is -0.312 e. The number of hydrogen-bond donors (Lipinski definition) is 1. The van der Waals surface area contributed by atoms with E-state index in [4.69, 9.17) is 0 Å². The highest BCUT2D eigenvalue weighted by molar-refractivity contribution is 7.12. The van der Waals surface area contributed by atoms with Crippen molar-refractivity contribution in [2.75, 3.05) is 19.6 Å². The van der Waals surface area contributed by atoms with E-state index in [-0.39, 0.29) is 0 Å².